The van der Waals surface area contributed by atoms with Gasteiger partial charge in [0.2, 0.25) is 11.9 Å². The van der Waals surface area contributed by atoms with Crippen LogP contribution in [0.1, 0.15) is 33.6 Å². The van der Waals surface area contributed by atoms with Crippen molar-refractivity contribution >= 4 is 23.5 Å². The Morgan fingerprint density at radius 3 is 2.71 bits per heavy atom. The average molecular weight is 426 g/mol. The Hall–Kier alpha value is -3.20. The SMILES string of the molecule is COC(=O)c1ccc2c(c1)CCN2C(=O)CCc1c(C)nc(N2CCOCC2)[nH]c1=O. The minimum Gasteiger partial charge on any atom is -0.465 e. The maximum Gasteiger partial charge on any atom is 0.337 e. The number of aromatic nitrogens is 2. The fraction of sp³-hybridized carbons (Fsp3) is 0.455. The summed E-state index contributed by atoms with van der Waals surface area (Å²) in [6.45, 7) is 4.95. The van der Waals surface area contributed by atoms with Crippen molar-refractivity contribution in [2.75, 3.05) is 49.8 Å². The van der Waals surface area contributed by atoms with Crippen LogP contribution in [0.15, 0.2) is 23.0 Å². The quantitative estimate of drug-likeness (QED) is 0.717. The number of hydrogen-bond acceptors (Lipinski definition) is 7. The number of aromatic amines is 1. The van der Waals surface area contributed by atoms with Gasteiger partial charge in [0.15, 0.2) is 0 Å². The highest BCUT2D eigenvalue weighted by atomic mass is 16.5. The number of nitrogens with zero attached hydrogens (tertiary/aromatic N) is 3. The van der Waals surface area contributed by atoms with Gasteiger partial charge in [0.05, 0.1) is 25.9 Å². The Kier molecular flexibility index (Phi) is 6.03. The second-order valence-corrected chi connectivity index (χ2v) is 7.68. The number of amides is 1. The first kappa shape index (κ1) is 21.0. The maximum atomic E-state index is 12.9. The largest absolute Gasteiger partial charge is 0.465 e. The Balaban J connectivity index is 1.44. The van der Waals surface area contributed by atoms with Crippen molar-refractivity contribution in [1.82, 2.24) is 9.97 Å². The predicted octanol–water partition coefficient (Wildman–Crippen LogP) is 1.22. The van der Waals surface area contributed by atoms with Crippen molar-refractivity contribution in [2.24, 2.45) is 0 Å². The maximum absolute atomic E-state index is 12.9. The van der Waals surface area contributed by atoms with Crippen LogP contribution in [0.25, 0.3) is 0 Å². The Morgan fingerprint density at radius 2 is 2.00 bits per heavy atom. The highest BCUT2D eigenvalue weighted by Crippen LogP contribution is 2.30. The molecule has 0 unspecified atom stereocenters. The van der Waals surface area contributed by atoms with Crippen LogP contribution in [-0.2, 0) is 27.1 Å². The first-order valence-corrected chi connectivity index (χ1v) is 10.4. The number of carbonyl (C=O) groups excluding carboxylic acids is 2. The number of carbonyl (C=O) groups is 2. The van der Waals surface area contributed by atoms with E-state index in [2.05, 4.69) is 9.97 Å². The van der Waals surface area contributed by atoms with E-state index in [1.807, 2.05) is 4.90 Å². The van der Waals surface area contributed by atoms with Crippen LogP contribution in [0.4, 0.5) is 11.6 Å². The Morgan fingerprint density at radius 1 is 1.23 bits per heavy atom. The van der Waals surface area contributed by atoms with Crippen molar-refractivity contribution < 1.29 is 19.1 Å². The van der Waals surface area contributed by atoms with Crippen LogP contribution in [-0.4, -0.2) is 61.8 Å². The molecule has 31 heavy (non-hydrogen) atoms. The zero-order valence-corrected chi connectivity index (χ0v) is 17.8. The molecule has 1 aromatic carbocycles. The third-order valence-electron chi connectivity index (χ3n) is 5.81. The van der Waals surface area contributed by atoms with E-state index in [0.717, 1.165) is 11.3 Å². The van der Waals surface area contributed by atoms with Crippen LogP contribution in [0, 0.1) is 6.92 Å². The van der Waals surface area contributed by atoms with Crippen LogP contribution in [0.5, 0.6) is 0 Å². The van der Waals surface area contributed by atoms with Gasteiger partial charge in [-0.3, -0.25) is 14.6 Å². The van der Waals surface area contributed by atoms with Crippen LogP contribution in [0.2, 0.25) is 0 Å². The van der Waals surface area contributed by atoms with Crippen molar-refractivity contribution in [2.45, 2.75) is 26.2 Å². The van der Waals surface area contributed by atoms with Crippen LogP contribution in [0.3, 0.4) is 0 Å². The van der Waals surface area contributed by atoms with E-state index in [1.165, 1.54) is 7.11 Å². The number of ether oxygens (including phenoxy) is 2. The first-order chi connectivity index (χ1) is 15.0. The lowest BCUT2D eigenvalue weighted by molar-refractivity contribution is -0.118. The minimum absolute atomic E-state index is 0.0550. The first-order valence-electron chi connectivity index (χ1n) is 10.4. The number of aryl methyl sites for hydroxylation is 1. The summed E-state index contributed by atoms with van der Waals surface area (Å²) in [6, 6.07) is 5.22. The lowest BCUT2D eigenvalue weighted by Gasteiger charge is -2.27. The number of esters is 1. The average Bonchev–Trinajstić information content (AvgIpc) is 3.21. The second kappa shape index (κ2) is 8.89. The summed E-state index contributed by atoms with van der Waals surface area (Å²) in [5, 5.41) is 0. The van der Waals surface area contributed by atoms with Gasteiger partial charge in [-0.25, -0.2) is 9.78 Å². The molecular formula is C22H26N4O5. The van der Waals surface area contributed by atoms with Gasteiger partial charge in [0.1, 0.15) is 0 Å². The standard InChI is InChI=1S/C22H26N4O5/c1-14-17(20(28)24-22(23-14)25-9-11-31-12-10-25)4-6-19(27)26-8-7-15-13-16(21(29)30-2)3-5-18(15)26/h3,5,13H,4,6-12H2,1-2H3,(H,23,24,28). The fourth-order valence-corrected chi connectivity index (χ4v) is 4.09. The number of methoxy groups -OCH3 is 1. The number of morpholine rings is 1. The van der Waals surface area contributed by atoms with E-state index < -0.39 is 5.97 Å². The van der Waals surface area contributed by atoms with E-state index in [9.17, 15) is 14.4 Å². The van der Waals surface area contributed by atoms with Gasteiger partial charge in [-0.15, -0.1) is 0 Å². The van der Waals surface area contributed by atoms with E-state index in [4.69, 9.17) is 9.47 Å². The lowest BCUT2D eigenvalue weighted by Crippen LogP contribution is -2.38. The molecule has 4 rings (SSSR count). The number of rotatable bonds is 5. The summed E-state index contributed by atoms with van der Waals surface area (Å²) in [5.74, 6) is 0.103. The van der Waals surface area contributed by atoms with E-state index >= 15 is 0 Å². The molecule has 1 N–H and O–H groups in total. The molecule has 3 heterocycles. The highest BCUT2D eigenvalue weighted by molar-refractivity contribution is 5.97. The number of H-pyrrole nitrogens is 1. The summed E-state index contributed by atoms with van der Waals surface area (Å²) in [4.78, 5) is 48.4. The molecular weight excluding hydrogens is 400 g/mol. The monoisotopic (exact) mass is 426 g/mol. The van der Waals surface area contributed by atoms with Gasteiger partial charge in [-0.2, -0.15) is 0 Å². The predicted molar refractivity (Wildman–Crippen MR) is 115 cm³/mol. The topological polar surface area (TPSA) is 105 Å². The third kappa shape index (κ3) is 4.32. The molecule has 0 bridgehead atoms. The summed E-state index contributed by atoms with van der Waals surface area (Å²) in [6.07, 6.45) is 1.21. The molecule has 164 valence electrons. The molecule has 9 nitrogen and oxygen atoms in total. The molecule has 1 fully saturated rings. The van der Waals surface area contributed by atoms with Crippen molar-refractivity contribution in [3.05, 3.63) is 50.9 Å². The number of nitrogens with one attached hydrogen (secondary N) is 1. The molecule has 0 spiro atoms. The molecule has 2 aromatic rings. The number of hydrogen-bond donors (Lipinski definition) is 1. The fourth-order valence-electron chi connectivity index (χ4n) is 4.09. The molecule has 0 aliphatic carbocycles. The lowest BCUT2D eigenvalue weighted by atomic mass is 10.1. The van der Waals surface area contributed by atoms with Gasteiger partial charge < -0.3 is 19.3 Å². The van der Waals surface area contributed by atoms with Gasteiger partial charge >= 0.3 is 5.97 Å². The van der Waals surface area contributed by atoms with Crippen molar-refractivity contribution in [3.8, 4) is 0 Å². The van der Waals surface area contributed by atoms with Gasteiger partial charge in [0, 0.05) is 43.0 Å². The molecule has 1 saturated heterocycles. The normalized spacial score (nSPS) is 15.7. The second-order valence-electron chi connectivity index (χ2n) is 7.68. The van der Waals surface area contributed by atoms with Crippen molar-refractivity contribution in [3.63, 3.8) is 0 Å². The summed E-state index contributed by atoms with van der Waals surface area (Å²) < 4.78 is 10.1. The van der Waals surface area contributed by atoms with Gasteiger partial charge in [-0.1, -0.05) is 0 Å². The molecule has 2 aliphatic heterocycles. The van der Waals surface area contributed by atoms with Crippen LogP contribution >= 0.6 is 0 Å². The molecule has 0 saturated carbocycles. The molecule has 2 aliphatic rings. The number of benzene rings is 1. The molecule has 1 aromatic heterocycles. The summed E-state index contributed by atoms with van der Waals surface area (Å²) in [5.41, 5.74) is 3.20. The summed E-state index contributed by atoms with van der Waals surface area (Å²) in [7, 11) is 1.34. The third-order valence-corrected chi connectivity index (χ3v) is 5.81. The zero-order valence-electron chi connectivity index (χ0n) is 17.8. The van der Waals surface area contributed by atoms with Crippen molar-refractivity contribution in [1.29, 1.82) is 0 Å². The van der Waals surface area contributed by atoms with Gasteiger partial charge in [0.25, 0.3) is 5.56 Å². The van der Waals surface area contributed by atoms with E-state index in [0.29, 0.717) is 68.5 Å². The molecule has 1 amide bonds. The van der Waals surface area contributed by atoms with E-state index in [-0.39, 0.29) is 17.9 Å². The number of fused-ring (bicyclic) bond motifs is 1. The number of anilines is 2. The van der Waals surface area contributed by atoms with Gasteiger partial charge in [-0.05, 0) is 43.5 Å². The van der Waals surface area contributed by atoms with Crippen LogP contribution < -0.4 is 15.4 Å². The minimum atomic E-state index is -0.393. The van der Waals surface area contributed by atoms with E-state index in [1.54, 1.807) is 30.0 Å². The summed E-state index contributed by atoms with van der Waals surface area (Å²) >= 11 is 0. The smallest absolute Gasteiger partial charge is 0.337 e. The zero-order chi connectivity index (χ0) is 22.0. The molecule has 0 atom stereocenters. The Labute approximate surface area is 180 Å². The molecule has 0 radical (unpaired) electrons. The Bertz CT molecular complexity index is 1060. The highest BCUT2D eigenvalue weighted by Gasteiger charge is 2.26. The molecule has 9 heteroatoms.